The number of imidazole rings is 1. The van der Waals surface area contributed by atoms with E-state index in [4.69, 9.17) is 9.15 Å². The average Bonchev–Trinajstić information content (AvgIpc) is 3.51. The molecule has 0 aliphatic carbocycles. The van der Waals surface area contributed by atoms with Gasteiger partial charge in [-0.2, -0.15) is 5.10 Å². The molecular weight excluding hydrogens is 431 g/mol. The highest BCUT2D eigenvalue weighted by molar-refractivity contribution is 6.04. The second-order valence-corrected chi connectivity index (χ2v) is 7.11. The molecule has 5 aromatic rings. The van der Waals surface area contributed by atoms with Gasteiger partial charge in [-0.15, -0.1) is 0 Å². The predicted octanol–water partition coefficient (Wildman–Crippen LogP) is 5.67. The number of aryl methyl sites for hydroxylation is 1. The number of alkyl halides is 1. The van der Waals surface area contributed by atoms with Crippen molar-refractivity contribution >= 4 is 27.8 Å². The summed E-state index contributed by atoms with van der Waals surface area (Å²) in [6.07, 6.45) is 1.56. The summed E-state index contributed by atoms with van der Waals surface area (Å²) in [6.45, 7) is 1.87. The number of nitrogens with one attached hydrogen (secondary N) is 3. The topological polar surface area (TPSA) is 86.5 Å². The van der Waals surface area contributed by atoms with Crippen molar-refractivity contribution in [2.24, 2.45) is 0 Å². The maximum absolute atomic E-state index is 12.6. The molecule has 3 aromatic carbocycles. The van der Waals surface area contributed by atoms with E-state index >= 15 is 0 Å². The average molecular weight is 453 g/mol. The number of rotatable bonds is 4. The molecule has 0 radical (unpaired) electrons. The van der Waals surface area contributed by atoms with Gasteiger partial charge in [-0.25, -0.2) is 9.37 Å². The van der Waals surface area contributed by atoms with Crippen LogP contribution in [0.1, 0.15) is 27.2 Å². The lowest BCUT2D eigenvalue weighted by Crippen LogP contribution is -2.23. The van der Waals surface area contributed by atoms with Crippen molar-refractivity contribution in [3.05, 3.63) is 95.4 Å². The molecule has 5 rings (SSSR count). The van der Waals surface area contributed by atoms with Crippen molar-refractivity contribution < 1.29 is 18.3 Å². The Morgan fingerprint density at radius 1 is 1.00 bits per heavy atom. The van der Waals surface area contributed by atoms with E-state index < -0.39 is 6.67 Å². The van der Waals surface area contributed by atoms with Crippen molar-refractivity contribution in [2.75, 3.05) is 0 Å². The molecule has 0 saturated heterocycles. The van der Waals surface area contributed by atoms with Crippen LogP contribution in [0.2, 0.25) is 0 Å². The second kappa shape index (κ2) is 11.5. The first kappa shape index (κ1) is 23.5. The quantitative estimate of drug-likeness (QED) is 0.328. The molecule has 9 heteroatoms. The number of carbonyl (C=O) groups excluding carboxylic acids is 1. The minimum atomic E-state index is -0.506. The van der Waals surface area contributed by atoms with Crippen molar-refractivity contribution in [3.8, 4) is 0 Å². The van der Waals surface area contributed by atoms with Crippen LogP contribution in [0.25, 0.3) is 21.9 Å². The largest absolute Gasteiger partial charge is 0.348 e. The van der Waals surface area contributed by atoms with E-state index in [0.29, 0.717) is 23.2 Å². The number of aromatic nitrogens is 4. The van der Waals surface area contributed by atoms with E-state index in [1.54, 1.807) is 36.7 Å². The summed E-state index contributed by atoms with van der Waals surface area (Å²) in [6, 6.07) is 20.6. The Morgan fingerprint density at radius 2 is 1.76 bits per heavy atom. The number of hydrogen-bond donors (Lipinski definition) is 3. The molecule has 0 bridgehead atoms. The smallest absolute Gasteiger partial charge is 0.253 e. The van der Waals surface area contributed by atoms with Gasteiger partial charge in [-0.3, -0.25) is 9.89 Å². The fourth-order valence-corrected chi connectivity index (χ4v) is 3.34. The van der Waals surface area contributed by atoms with Crippen LogP contribution in [-0.4, -0.2) is 26.1 Å². The first-order valence-electron chi connectivity index (χ1n) is 10.0. The second-order valence-electron chi connectivity index (χ2n) is 7.11. The number of amides is 1. The van der Waals surface area contributed by atoms with E-state index in [1.165, 1.54) is 5.39 Å². The highest BCUT2D eigenvalue weighted by atomic mass is 20.0. The van der Waals surface area contributed by atoms with Gasteiger partial charge in [-0.05, 0) is 36.2 Å². The summed E-state index contributed by atoms with van der Waals surface area (Å²) in [7, 11) is 0. The molecule has 3 N–H and O–H groups in total. The highest BCUT2D eigenvalue weighted by Gasteiger charge is 2.11. The third-order valence-corrected chi connectivity index (χ3v) is 4.95. The van der Waals surface area contributed by atoms with Crippen molar-refractivity contribution in [1.29, 1.82) is 0 Å². The minimum Gasteiger partial charge on any atom is -0.348 e. The molecule has 0 unspecified atom stereocenters. The fraction of sp³-hybridized carbons (Fsp3) is 0.125. The number of aromatic amines is 2. The van der Waals surface area contributed by atoms with Crippen LogP contribution in [0.4, 0.5) is 13.5 Å². The Kier molecular flexibility index (Phi) is 8.18. The summed E-state index contributed by atoms with van der Waals surface area (Å²) < 4.78 is 28.6. The Balaban J connectivity index is 0.000000212. The number of halogens is 3. The summed E-state index contributed by atoms with van der Waals surface area (Å²) >= 11 is 0. The van der Waals surface area contributed by atoms with Gasteiger partial charge in [0.15, 0.2) is 0 Å². The number of H-pyrrole nitrogens is 2. The third kappa shape index (κ3) is 5.76. The van der Waals surface area contributed by atoms with Crippen LogP contribution in [-0.2, 0) is 13.2 Å². The van der Waals surface area contributed by atoms with Crippen LogP contribution in [0.15, 0.2) is 73.1 Å². The van der Waals surface area contributed by atoms with Gasteiger partial charge in [0, 0.05) is 26.8 Å². The van der Waals surface area contributed by atoms with Gasteiger partial charge in [0.05, 0.1) is 22.9 Å². The maximum atomic E-state index is 12.6. The van der Waals surface area contributed by atoms with Crippen LogP contribution >= 0.6 is 0 Å². The van der Waals surface area contributed by atoms with E-state index in [2.05, 4.69) is 31.5 Å². The van der Waals surface area contributed by atoms with Gasteiger partial charge in [-0.1, -0.05) is 48.5 Å². The maximum Gasteiger partial charge on any atom is 0.253 e. The zero-order valence-corrected chi connectivity index (χ0v) is 17.8. The zero-order valence-electron chi connectivity index (χ0n) is 17.8. The van der Waals surface area contributed by atoms with E-state index in [-0.39, 0.29) is 5.91 Å². The Bertz CT molecular complexity index is 1330. The Labute approximate surface area is 187 Å². The molecule has 2 heterocycles. The lowest BCUT2D eigenvalue weighted by Gasteiger charge is -2.07. The number of carbonyl (C=O) groups is 1. The summed E-state index contributed by atoms with van der Waals surface area (Å²) in [4.78, 5) is 19.4. The summed E-state index contributed by atoms with van der Waals surface area (Å²) in [5.41, 5.74) is 5.64. The van der Waals surface area contributed by atoms with Gasteiger partial charge in [0.2, 0.25) is 0 Å². The number of hydrogen-bond acceptors (Lipinski definition) is 3. The molecule has 170 valence electrons. The molecule has 0 saturated carbocycles. The van der Waals surface area contributed by atoms with Gasteiger partial charge in [0.1, 0.15) is 12.2 Å². The zero-order chi connectivity index (χ0) is 23.6. The number of benzene rings is 3. The van der Waals surface area contributed by atoms with Crippen molar-refractivity contribution in [1.82, 2.24) is 25.5 Å². The number of fused-ring (bicyclic) bond motifs is 2. The minimum absolute atomic E-state index is 0.196. The van der Waals surface area contributed by atoms with Crippen LogP contribution in [0.3, 0.4) is 0 Å². The summed E-state index contributed by atoms with van der Waals surface area (Å²) in [5.74, 6) is -0.196. The standard InChI is InChI=1S/C16H14FN3O.C8H8N2.F2/c17-8-11-3-1-4-12(7-11)9-18-16(21)13-5-2-6-14-15(13)20-10-19-14;1-6-7-4-2-3-5-8(7)10-9-6;1-2/h1-7,10H,8-9H2,(H,18,21)(H,19,20);2-5H,1H3,(H,9,10);. The van der Waals surface area contributed by atoms with E-state index in [0.717, 1.165) is 22.3 Å². The van der Waals surface area contributed by atoms with Crippen LogP contribution < -0.4 is 5.32 Å². The molecule has 0 spiro atoms. The molecule has 0 fully saturated rings. The van der Waals surface area contributed by atoms with Gasteiger partial charge in [0.25, 0.3) is 5.91 Å². The molecular formula is C24H22F3N5O. The normalized spacial score (nSPS) is 10.2. The fourth-order valence-electron chi connectivity index (χ4n) is 3.34. The van der Waals surface area contributed by atoms with Crippen molar-refractivity contribution in [3.63, 3.8) is 0 Å². The number of para-hydroxylation sites is 2. The molecule has 0 aliphatic heterocycles. The molecule has 0 aliphatic rings. The summed E-state index contributed by atoms with van der Waals surface area (Å²) in [5, 5.41) is 11.1. The highest BCUT2D eigenvalue weighted by Crippen LogP contribution is 2.15. The first-order chi connectivity index (χ1) is 16.2. The first-order valence-corrected chi connectivity index (χ1v) is 10.0. The van der Waals surface area contributed by atoms with Gasteiger partial charge >= 0.3 is 0 Å². The van der Waals surface area contributed by atoms with Gasteiger partial charge < -0.3 is 10.3 Å². The SMILES string of the molecule is Cc1[nH]nc2ccccc12.FF.O=C(NCc1cccc(CF)c1)c1cccc2[nH]cnc12. The number of nitrogens with zero attached hydrogens (tertiary/aromatic N) is 2. The molecule has 2 aromatic heterocycles. The lowest BCUT2D eigenvalue weighted by atomic mass is 10.1. The van der Waals surface area contributed by atoms with E-state index in [9.17, 15) is 9.18 Å². The molecule has 33 heavy (non-hydrogen) atoms. The third-order valence-electron chi connectivity index (χ3n) is 4.95. The lowest BCUT2D eigenvalue weighted by molar-refractivity contribution is 0.0952. The van der Waals surface area contributed by atoms with Crippen LogP contribution in [0, 0.1) is 6.92 Å². The molecule has 6 nitrogen and oxygen atoms in total. The predicted molar refractivity (Wildman–Crippen MR) is 122 cm³/mol. The van der Waals surface area contributed by atoms with Crippen LogP contribution in [0.5, 0.6) is 0 Å². The molecule has 1 amide bonds. The Morgan fingerprint density at radius 3 is 2.55 bits per heavy atom. The van der Waals surface area contributed by atoms with E-state index in [1.807, 2.05) is 37.3 Å². The van der Waals surface area contributed by atoms with Crippen molar-refractivity contribution in [2.45, 2.75) is 20.1 Å². The monoisotopic (exact) mass is 453 g/mol. The molecule has 0 atom stereocenters. The Hall–Kier alpha value is -4.14.